The zero-order valence-electron chi connectivity index (χ0n) is 19.8. The molecule has 3 N–H and O–H groups in total. The van der Waals surface area contributed by atoms with E-state index in [1.807, 2.05) is 19.9 Å². The van der Waals surface area contributed by atoms with Gasteiger partial charge in [-0.15, -0.1) is 0 Å². The maximum Gasteiger partial charge on any atom is 0.471 e. The van der Waals surface area contributed by atoms with Crippen molar-refractivity contribution in [3.63, 3.8) is 0 Å². The summed E-state index contributed by atoms with van der Waals surface area (Å²) in [4.78, 5) is 50.8. The fraction of sp³-hybridized carbons (Fsp3) is 0.773. The number of likely N-dealkylation sites (tertiary alicyclic amines) is 1. The van der Waals surface area contributed by atoms with Gasteiger partial charge in [0, 0.05) is 19.0 Å². The first-order valence-electron chi connectivity index (χ1n) is 11.3. The van der Waals surface area contributed by atoms with Gasteiger partial charge in [0.2, 0.25) is 17.7 Å². The minimum absolute atomic E-state index is 0.00862. The lowest BCUT2D eigenvalue weighted by Gasteiger charge is -2.36. The molecule has 3 aliphatic rings. The van der Waals surface area contributed by atoms with Gasteiger partial charge in [-0.3, -0.25) is 19.2 Å². The lowest BCUT2D eigenvalue weighted by molar-refractivity contribution is -0.176. The van der Waals surface area contributed by atoms with Gasteiger partial charge in [0.15, 0.2) is 0 Å². The number of amides is 4. The van der Waals surface area contributed by atoms with Gasteiger partial charge in [-0.25, -0.2) is 4.39 Å². The predicted octanol–water partition coefficient (Wildman–Crippen LogP) is 0.799. The van der Waals surface area contributed by atoms with Crippen molar-refractivity contribution in [1.29, 1.82) is 5.26 Å². The molecule has 4 amide bonds. The first-order valence-corrected chi connectivity index (χ1v) is 11.3. The van der Waals surface area contributed by atoms with Crippen LogP contribution >= 0.6 is 0 Å². The number of halogens is 4. The summed E-state index contributed by atoms with van der Waals surface area (Å²) in [7, 11) is 0. The van der Waals surface area contributed by atoms with Crippen molar-refractivity contribution in [1.82, 2.24) is 20.9 Å². The molecule has 0 spiro atoms. The number of nitrogens with one attached hydrogen (secondary N) is 3. The fourth-order valence-electron chi connectivity index (χ4n) is 5.27. The van der Waals surface area contributed by atoms with Crippen LogP contribution in [0.2, 0.25) is 0 Å². The Bertz CT molecular complexity index is 955. The normalized spacial score (nSPS) is 28.9. The Balaban J connectivity index is 1.81. The maximum absolute atomic E-state index is 14.8. The van der Waals surface area contributed by atoms with Crippen molar-refractivity contribution in [2.24, 2.45) is 23.2 Å². The van der Waals surface area contributed by atoms with E-state index in [0.717, 1.165) is 18.7 Å². The van der Waals surface area contributed by atoms with E-state index >= 15 is 0 Å². The molecule has 13 heteroatoms. The van der Waals surface area contributed by atoms with Crippen LogP contribution in [-0.4, -0.2) is 71.6 Å². The molecular formula is C22H29F4N5O4. The standard InChI is InChI=1S/C22H29F4N5O4/c1-20(2)12-9-31(18(34)15(21(3,4)23)30-19(35)22(24,25)26)14(13(12)20)17(33)29-11(8-27)7-10-5-6-28-16(10)32/h10-15H,5-7,9H2,1-4H3,(H,28,32)(H,29,33)(H,30,35)/t10-,11-,12?,13?,14?,15+/m0/s1. The molecule has 3 fully saturated rings. The van der Waals surface area contributed by atoms with Crippen LogP contribution in [0.25, 0.3) is 0 Å². The molecule has 0 bridgehead atoms. The smallest absolute Gasteiger partial charge is 0.356 e. The molecule has 6 atom stereocenters. The van der Waals surface area contributed by atoms with Gasteiger partial charge in [-0.1, -0.05) is 13.8 Å². The van der Waals surface area contributed by atoms with E-state index in [9.17, 15) is 42.0 Å². The molecule has 0 radical (unpaired) electrons. The van der Waals surface area contributed by atoms with Gasteiger partial charge >= 0.3 is 12.1 Å². The highest BCUT2D eigenvalue weighted by molar-refractivity contribution is 5.95. The Morgan fingerprint density at radius 3 is 2.34 bits per heavy atom. The highest BCUT2D eigenvalue weighted by atomic mass is 19.4. The molecule has 0 aromatic carbocycles. The van der Waals surface area contributed by atoms with Crippen LogP contribution < -0.4 is 16.0 Å². The van der Waals surface area contributed by atoms with E-state index in [-0.39, 0.29) is 36.1 Å². The first kappa shape index (κ1) is 26.7. The zero-order valence-corrected chi connectivity index (χ0v) is 19.8. The number of hydrogen-bond donors (Lipinski definition) is 3. The van der Waals surface area contributed by atoms with Crippen molar-refractivity contribution in [2.45, 2.75) is 70.5 Å². The van der Waals surface area contributed by atoms with Crippen molar-refractivity contribution in [2.75, 3.05) is 13.1 Å². The Labute approximate surface area is 199 Å². The highest BCUT2D eigenvalue weighted by Crippen LogP contribution is 2.65. The summed E-state index contributed by atoms with van der Waals surface area (Å²) in [6.45, 7) is 5.92. The van der Waals surface area contributed by atoms with Crippen molar-refractivity contribution >= 4 is 23.6 Å². The molecule has 2 aliphatic heterocycles. The Morgan fingerprint density at radius 1 is 1.23 bits per heavy atom. The van der Waals surface area contributed by atoms with Crippen LogP contribution in [0.15, 0.2) is 0 Å². The molecule has 3 rings (SSSR count). The third-order valence-electron chi connectivity index (χ3n) is 7.38. The summed E-state index contributed by atoms with van der Waals surface area (Å²) < 4.78 is 53.2. The van der Waals surface area contributed by atoms with E-state index < -0.39 is 53.6 Å². The molecule has 2 saturated heterocycles. The monoisotopic (exact) mass is 503 g/mol. The third-order valence-corrected chi connectivity index (χ3v) is 7.38. The van der Waals surface area contributed by atoms with Gasteiger partial charge in [0.25, 0.3) is 0 Å². The summed E-state index contributed by atoms with van der Waals surface area (Å²) in [6.07, 6.45) is -4.76. The molecule has 1 saturated carbocycles. The summed E-state index contributed by atoms with van der Waals surface area (Å²) in [6, 6.07) is -2.45. The van der Waals surface area contributed by atoms with E-state index in [4.69, 9.17) is 0 Å². The van der Waals surface area contributed by atoms with Gasteiger partial charge in [-0.05, 0) is 43.9 Å². The molecule has 35 heavy (non-hydrogen) atoms. The number of nitrogens with zero attached hydrogens (tertiary/aromatic N) is 2. The fourth-order valence-corrected chi connectivity index (χ4v) is 5.27. The average molecular weight is 503 g/mol. The van der Waals surface area contributed by atoms with Crippen molar-refractivity contribution < 1.29 is 36.7 Å². The van der Waals surface area contributed by atoms with Crippen LogP contribution in [0.4, 0.5) is 17.6 Å². The van der Waals surface area contributed by atoms with E-state index in [1.165, 1.54) is 5.32 Å². The number of nitriles is 1. The van der Waals surface area contributed by atoms with Crippen LogP contribution in [0.5, 0.6) is 0 Å². The minimum atomic E-state index is -5.33. The summed E-state index contributed by atoms with van der Waals surface area (Å²) in [5.74, 6) is -5.53. The Kier molecular flexibility index (Phi) is 6.82. The highest BCUT2D eigenvalue weighted by Gasteiger charge is 2.70. The topological polar surface area (TPSA) is 131 Å². The summed E-state index contributed by atoms with van der Waals surface area (Å²) >= 11 is 0. The molecule has 0 aromatic heterocycles. The first-order chi connectivity index (χ1) is 16.0. The van der Waals surface area contributed by atoms with Crippen LogP contribution in [-0.2, 0) is 19.2 Å². The summed E-state index contributed by atoms with van der Waals surface area (Å²) in [5.41, 5.74) is -2.92. The number of alkyl halides is 4. The second-order valence-electron chi connectivity index (χ2n) is 10.6. The predicted molar refractivity (Wildman–Crippen MR) is 113 cm³/mol. The number of rotatable bonds is 7. The van der Waals surface area contributed by atoms with Gasteiger partial charge < -0.3 is 20.9 Å². The maximum atomic E-state index is 14.8. The molecule has 9 nitrogen and oxygen atoms in total. The number of piperidine rings is 1. The molecule has 1 aliphatic carbocycles. The second-order valence-corrected chi connectivity index (χ2v) is 10.6. The van der Waals surface area contributed by atoms with Crippen molar-refractivity contribution in [3.05, 3.63) is 0 Å². The quantitative estimate of drug-likeness (QED) is 0.443. The number of hydrogen-bond acceptors (Lipinski definition) is 5. The van der Waals surface area contributed by atoms with Crippen LogP contribution in [0, 0.1) is 34.5 Å². The summed E-state index contributed by atoms with van der Waals surface area (Å²) in [5, 5.41) is 16.1. The lowest BCUT2D eigenvalue weighted by atomic mass is 9.95. The average Bonchev–Trinajstić information content (AvgIpc) is 3.10. The third kappa shape index (κ3) is 5.21. The van der Waals surface area contributed by atoms with Gasteiger partial charge in [-0.2, -0.15) is 18.4 Å². The number of carbonyl (C=O) groups excluding carboxylic acids is 4. The van der Waals surface area contributed by atoms with Gasteiger partial charge in [0.1, 0.15) is 23.8 Å². The minimum Gasteiger partial charge on any atom is -0.356 e. The molecular weight excluding hydrogens is 474 g/mol. The molecule has 0 aromatic rings. The molecule has 3 unspecified atom stereocenters. The van der Waals surface area contributed by atoms with Crippen LogP contribution in [0.3, 0.4) is 0 Å². The largest absolute Gasteiger partial charge is 0.471 e. The Hall–Kier alpha value is -2.91. The lowest BCUT2D eigenvalue weighted by Crippen LogP contribution is -2.62. The van der Waals surface area contributed by atoms with E-state index in [2.05, 4.69) is 10.6 Å². The molecule has 2 heterocycles. The van der Waals surface area contributed by atoms with Gasteiger partial charge in [0.05, 0.1) is 6.07 Å². The van der Waals surface area contributed by atoms with E-state index in [1.54, 1.807) is 0 Å². The zero-order chi connectivity index (χ0) is 26.5. The molecule has 194 valence electrons. The van der Waals surface area contributed by atoms with Crippen molar-refractivity contribution in [3.8, 4) is 6.07 Å². The SMILES string of the molecule is CC1(C)C2CN(C(=O)[C@@H](NC(=O)C(F)(F)F)C(C)(C)F)C(C(=O)N[C@H](C#N)C[C@@H]3CCNC3=O)C21. The van der Waals surface area contributed by atoms with E-state index in [0.29, 0.717) is 13.0 Å². The van der Waals surface area contributed by atoms with Crippen LogP contribution in [0.1, 0.15) is 40.5 Å². The number of fused-ring (bicyclic) bond motifs is 1. The second kappa shape index (κ2) is 8.95. The Morgan fingerprint density at radius 2 is 1.86 bits per heavy atom. The number of carbonyl (C=O) groups is 4.